The molecule has 0 N–H and O–H groups in total. The van der Waals surface area contributed by atoms with Crippen LogP contribution in [0.25, 0.3) is 22.6 Å². The SMILES string of the molecule is Cc1cc2nc(-c3ccc(Cl)cc3Br)oc2cc1C. The maximum Gasteiger partial charge on any atom is 0.228 e. The van der Waals surface area contributed by atoms with E-state index in [4.69, 9.17) is 16.0 Å². The summed E-state index contributed by atoms with van der Waals surface area (Å²) in [5.41, 5.74) is 4.99. The van der Waals surface area contributed by atoms with Crippen molar-refractivity contribution < 1.29 is 4.42 Å². The quantitative estimate of drug-likeness (QED) is 0.584. The van der Waals surface area contributed by atoms with E-state index in [1.165, 1.54) is 11.1 Å². The second-order valence-corrected chi connectivity index (χ2v) is 5.84. The molecule has 96 valence electrons. The minimum Gasteiger partial charge on any atom is -0.436 e. The van der Waals surface area contributed by atoms with Crippen molar-refractivity contribution in [2.75, 3.05) is 0 Å². The third kappa shape index (κ3) is 2.28. The van der Waals surface area contributed by atoms with Gasteiger partial charge in [-0.2, -0.15) is 0 Å². The molecule has 0 spiro atoms. The number of fused-ring (bicyclic) bond motifs is 1. The Balaban J connectivity index is 2.20. The first-order valence-electron chi connectivity index (χ1n) is 5.88. The average molecular weight is 337 g/mol. The summed E-state index contributed by atoms with van der Waals surface area (Å²) < 4.78 is 6.70. The first kappa shape index (κ1) is 12.7. The van der Waals surface area contributed by atoms with Gasteiger partial charge in [-0.15, -0.1) is 0 Å². The van der Waals surface area contributed by atoms with Crippen molar-refractivity contribution >= 4 is 38.6 Å². The molecule has 0 aliphatic carbocycles. The lowest BCUT2D eigenvalue weighted by atomic mass is 10.1. The summed E-state index contributed by atoms with van der Waals surface area (Å²) in [6.45, 7) is 4.14. The van der Waals surface area contributed by atoms with Crippen LogP contribution >= 0.6 is 27.5 Å². The normalized spacial score (nSPS) is 11.2. The van der Waals surface area contributed by atoms with Gasteiger partial charge >= 0.3 is 0 Å². The van der Waals surface area contributed by atoms with Crippen molar-refractivity contribution in [1.82, 2.24) is 4.98 Å². The van der Waals surface area contributed by atoms with E-state index in [9.17, 15) is 0 Å². The number of aromatic nitrogens is 1. The average Bonchev–Trinajstić information content (AvgIpc) is 2.72. The maximum atomic E-state index is 5.94. The van der Waals surface area contributed by atoms with Crippen LogP contribution in [-0.4, -0.2) is 4.98 Å². The van der Waals surface area contributed by atoms with Gasteiger partial charge in [0.25, 0.3) is 0 Å². The van der Waals surface area contributed by atoms with Crippen LogP contribution in [0, 0.1) is 13.8 Å². The van der Waals surface area contributed by atoms with Gasteiger partial charge in [-0.05, 0) is 71.2 Å². The van der Waals surface area contributed by atoms with Crippen molar-refractivity contribution in [2.45, 2.75) is 13.8 Å². The fourth-order valence-electron chi connectivity index (χ4n) is 1.96. The molecule has 2 nitrogen and oxygen atoms in total. The molecule has 0 aliphatic heterocycles. The Morgan fingerprint density at radius 3 is 2.58 bits per heavy atom. The van der Waals surface area contributed by atoms with E-state index in [0.717, 1.165) is 21.1 Å². The highest BCUT2D eigenvalue weighted by molar-refractivity contribution is 9.10. The standard InChI is InChI=1S/C15H11BrClNO/c1-8-5-13-14(6-9(8)2)19-15(18-13)11-4-3-10(17)7-12(11)16/h3-7H,1-2H3. The van der Waals surface area contributed by atoms with E-state index in [-0.39, 0.29) is 0 Å². The number of hydrogen-bond donors (Lipinski definition) is 0. The van der Waals surface area contributed by atoms with E-state index in [0.29, 0.717) is 10.9 Å². The molecule has 0 aliphatic rings. The molecule has 0 bridgehead atoms. The highest BCUT2D eigenvalue weighted by Crippen LogP contribution is 2.32. The van der Waals surface area contributed by atoms with Gasteiger partial charge in [0.2, 0.25) is 5.89 Å². The van der Waals surface area contributed by atoms with Crippen LogP contribution in [0.2, 0.25) is 5.02 Å². The summed E-state index contributed by atoms with van der Waals surface area (Å²) in [6, 6.07) is 9.62. The molecule has 0 radical (unpaired) electrons. The fraction of sp³-hybridized carbons (Fsp3) is 0.133. The van der Waals surface area contributed by atoms with Gasteiger partial charge in [-0.3, -0.25) is 0 Å². The van der Waals surface area contributed by atoms with Gasteiger partial charge in [0, 0.05) is 9.50 Å². The van der Waals surface area contributed by atoms with Crippen LogP contribution in [0.1, 0.15) is 11.1 Å². The predicted octanol–water partition coefficient (Wildman–Crippen LogP) is 5.53. The van der Waals surface area contributed by atoms with Gasteiger partial charge < -0.3 is 4.42 Å². The second-order valence-electron chi connectivity index (χ2n) is 4.55. The van der Waals surface area contributed by atoms with E-state index in [1.807, 2.05) is 30.3 Å². The van der Waals surface area contributed by atoms with Crippen LogP contribution in [-0.2, 0) is 0 Å². The maximum absolute atomic E-state index is 5.94. The molecule has 4 heteroatoms. The molecule has 0 fully saturated rings. The summed E-state index contributed by atoms with van der Waals surface area (Å²) in [6.07, 6.45) is 0. The van der Waals surface area contributed by atoms with Gasteiger partial charge in [-0.1, -0.05) is 11.6 Å². The fourth-order valence-corrected chi connectivity index (χ4v) is 2.81. The summed E-state index contributed by atoms with van der Waals surface area (Å²) in [4.78, 5) is 4.54. The topological polar surface area (TPSA) is 26.0 Å². The first-order chi connectivity index (χ1) is 9.04. The van der Waals surface area contributed by atoms with Gasteiger partial charge in [-0.25, -0.2) is 4.98 Å². The molecule has 0 unspecified atom stereocenters. The number of nitrogens with zero attached hydrogens (tertiary/aromatic N) is 1. The molecular weight excluding hydrogens is 326 g/mol. The zero-order valence-electron chi connectivity index (χ0n) is 10.5. The Morgan fingerprint density at radius 1 is 1.11 bits per heavy atom. The monoisotopic (exact) mass is 335 g/mol. The summed E-state index contributed by atoms with van der Waals surface area (Å²) in [5.74, 6) is 0.601. The molecule has 1 aromatic heterocycles. The molecule has 3 aromatic rings. The molecule has 19 heavy (non-hydrogen) atoms. The van der Waals surface area contributed by atoms with E-state index < -0.39 is 0 Å². The minimum absolute atomic E-state index is 0.601. The van der Waals surface area contributed by atoms with Crippen LogP contribution in [0.4, 0.5) is 0 Å². The molecule has 3 rings (SSSR count). The third-order valence-electron chi connectivity index (χ3n) is 3.17. The Kier molecular flexibility index (Phi) is 3.11. The van der Waals surface area contributed by atoms with Crippen molar-refractivity contribution in [3.8, 4) is 11.5 Å². The molecule has 0 atom stereocenters. The lowest BCUT2D eigenvalue weighted by Crippen LogP contribution is -1.80. The lowest BCUT2D eigenvalue weighted by Gasteiger charge is -1.99. The molecule has 1 heterocycles. The van der Waals surface area contributed by atoms with Gasteiger partial charge in [0.15, 0.2) is 5.58 Å². The highest BCUT2D eigenvalue weighted by atomic mass is 79.9. The molecule has 0 saturated heterocycles. The van der Waals surface area contributed by atoms with Crippen LogP contribution < -0.4 is 0 Å². The second kappa shape index (κ2) is 4.66. The minimum atomic E-state index is 0.601. The van der Waals surface area contributed by atoms with Crippen molar-refractivity contribution in [2.24, 2.45) is 0 Å². The zero-order chi connectivity index (χ0) is 13.6. The third-order valence-corrected chi connectivity index (χ3v) is 4.06. The number of halogens is 2. The van der Waals surface area contributed by atoms with Crippen molar-refractivity contribution in [3.05, 3.63) is 51.0 Å². The predicted molar refractivity (Wildman–Crippen MR) is 81.6 cm³/mol. The van der Waals surface area contributed by atoms with E-state index in [1.54, 1.807) is 0 Å². The van der Waals surface area contributed by atoms with E-state index >= 15 is 0 Å². The molecule has 0 saturated carbocycles. The Morgan fingerprint density at radius 2 is 1.84 bits per heavy atom. The number of rotatable bonds is 1. The van der Waals surface area contributed by atoms with Gasteiger partial charge in [0.05, 0.1) is 5.56 Å². The number of oxazole rings is 1. The molecule has 0 amide bonds. The number of benzene rings is 2. The van der Waals surface area contributed by atoms with Crippen LogP contribution in [0.15, 0.2) is 39.2 Å². The van der Waals surface area contributed by atoms with E-state index in [2.05, 4.69) is 34.8 Å². The van der Waals surface area contributed by atoms with Crippen LogP contribution in [0.5, 0.6) is 0 Å². The molecular formula is C15H11BrClNO. The first-order valence-corrected chi connectivity index (χ1v) is 7.05. The summed E-state index contributed by atoms with van der Waals surface area (Å²) >= 11 is 9.43. The lowest BCUT2D eigenvalue weighted by molar-refractivity contribution is 0.619. The highest BCUT2D eigenvalue weighted by Gasteiger charge is 2.12. The summed E-state index contributed by atoms with van der Waals surface area (Å²) in [7, 11) is 0. The zero-order valence-corrected chi connectivity index (χ0v) is 12.8. The van der Waals surface area contributed by atoms with Gasteiger partial charge in [0.1, 0.15) is 5.52 Å². The summed E-state index contributed by atoms with van der Waals surface area (Å²) in [5, 5.41) is 0.679. The number of aryl methyl sites for hydroxylation is 2. The van der Waals surface area contributed by atoms with Crippen molar-refractivity contribution in [1.29, 1.82) is 0 Å². The van der Waals surface area contributed by atoms with Crippen LogP contribution in [0.3, 0.4) is 0 Å². The Bertz CT molecular complexity index is 740. The van der Waals surface area contributed by atoms with Crippen molar-refractivity contribution in [3.63, 3.8) is 0 Å². The smallest absolute Gasteiger partial charge is 0.228 e. The molecule has 2 aromatic carbocycles. The Hall–Kier alpha value is -1.32. The number of hydrogen-bond acceptors (Lipinski definition) is 2. The Labute approximate surface area is 124 Å². The largest absolute Gasteiger partial charge is 0.436 e.